The van der Waals surface area contributed by atoms with E-state index in [-0.39, 0.29) is 39.8 Å². The van der Waals surface area contributed by atoms with E-state index in [1.165, 1.54) is 35.9 Å². The molecule has 0 radical (unpaired) electrons. The molecule has 4 aromatic carbocycles. The molecule has 1 atom stereocenters. The lowest BCUT2D eigenvalue weighted by molar-refractivity contribution is -0.144. The number of carbonyl (C=O) groups is 5. The molecule has 1 aliphatic heterocycles. The highest BCUT2D eigenvalue weighted by Crippen LogP contribution is 2.39. The Bertz CT molecular complexity index is 2010. The van der Waals surface area contributed by atoms with Gasteiger partial charge in [-0.15, -0.1) is 0 Å². The summed E-state index contributed by atoms with van der Waals surface area (Å²) in [5.41, 5.74) is -0.321. The van der Waals surface area contributed by atoms with Crippen LogP contribution in [0.5, 0.6) is 5.75 Å². The molecule has 1 heterocycles. The highest BCUT2D eigenvalue weighted by molar-refractivity contribution is 6.30. The summed E-state index contributed by atoms with van der Waals surface area (Å²) < 4.78 is 11.7. The van der Waals surface area contributed by atoms with Crippen molar-refractivity contribution in [2.75, 3.05) is 24.4 Å². The van der Waals surface area contributed by atoms with E-state index in [9.17, 15) is 24.0 Å². The standard InChI is InChI=1S/C42H45N3O7/c1-8-40(3,4)28-20-23-34(33(24-28)41(5,6)9-2)52-26-35(46)43-30-21-22-31-32(25-30)38(49)45(37(31)48)42(51-7,36(47)27-16-12-10-13-17-27)39(50)44-29-18-14-11-15-19-29/h10-25H,8-9,26H2,1-7H3,(H,43,46)(H,44,50). The highest BCUT2D eigenvalue weighted by Gasteiger charge is 2.59. The molecule has 1 aliphatic rings. The number of amides is 4. The monoisotopic (exact) mass is 703 g/mol. The van der Waals surface area contributed by atoms with Gasteiger partial charge in [0.25, 0.3) is 29.4 Å². The number of methoxy groups -OCH3 is 1. The fourth-order valence-electron chi connectivity index (χ4n) is 6.05. The predicted octanol–water partition coefficient (Wildman–Crippen LogP) is 7.54. The molecule has 52 heavy (non-hydrogen) atoms. The van der Waals surface area contributed by atoms with E-state index >= 15 is 0 Å². The van der Waals surface area contributed by atoms with Crippen molar-refractivity contribution in [1.29, 1.82) is 0 Å². The van der Waals surface area contributed by atoms with Crippen LogP contribution < -0.4 is 15.4 Å². The Morgan fingerprint density at radius 3 is 1.92 bits per heavy atom. The largest absolute Gasteiger partial charge is 0.483 e. The predicted molar refractivity (Wildman–Crippen MR) is 200 cm³/mol. The fraction of sp³-hybridized carbons (Fsp3) is 0.310. The summed E-state index contributed by atoms with van der Waals surface area (Å²) in [6.07, 6.45) is 1.82. The molecule has 0 aliphatic carbocycles. The summed E-state index contributed by atoms with van der Waals surface area (Å²) >= 11 is 0. The maximum Gasteiger partial charge on any atom is 0.296 e. The first-order valence-corrected chi connectivity index (χ1v) is 17.3. The average Bonchev–Trinajstić information content (AvgIpc) is 3.40. The van der Waals surface area contributed by atoms with Gasteiger partial charge in [-0.2, -0.15) is 0 Å². The van der Waals surface area contributed by atoms with Crippen LogP contribution >= 0.6 is 0 Å². The van der Waals surface area contributed by atoms with Gasteiger partial charge in [-0.25, -0.2) is 4.90 Å². The minimum absolute atomic E-state index is 0.0279. The van der Waals surface area contributed by atoms with E-state index in [1.807, 2.05) is 12.1 Å². The van der Waals surface area contributed by atoms with Crippen LogP contribution in [0.15, 0.2) is 97.1 Å². The molecule has 270 valence electrons. The van der Waals surface area contributed by atoms with E-state index < -0.39 is 35.1 Å². The van der Waals surface area contributed by atoms with Crippen molar-refractivity contribution < 1.29 is 33.4 Å². The second-order valence-electron chi connectivity index (χ2n) is 14.1. The number of imide groups is 1. The summed E-state index contributed by atoms with van der Waals surface area (Å²) in [5.74, 6) is -3.68. The molecule has 4 aromatic rings. The summed E-state index contributed by atoms with van der Waals surface area (Å²) in [6, 6.07) is 26.4. The molecule has 10 heteroatoms. The van der Waals surface area contributed by atoms with E-state index in [4.69, 9.17) is 9.47 Å². The molecular formula is C42H45N3O7. The third kappa shape index (κ3) is 7.11. The van der Waals surface area contributed by atoms with Crippen LogP contribution in [-0.4, -0.2) is 53.8 Å². The Labute approximate surface area is 304 Å². The minimum atomic E-state index is -2.70. The van der Waals surface area contributed by atoms with E-state index in [2.05, 4.69) is 58.2 Å². The molecule has 2 N–H and O–H groups in total. The molecule has 4 amide bonds. The van der Waals surface area contributed by atoms with Gasteiger partial charge in [-0.1, -0.05) is 102 Å². The van der Waals surface area contributed by atoms with E-state index in [0.29, 0.717) is 16.3 Å². The van der Waals surface area contributed by atoms with Crippen molar-refractivity contribution in [3.05, 3.63) is 125 Å². The van der Waals surface area contributed by atoms with Gasteiger partial charge in [0.1, 0.15) is 5.75 Å². The Hall–Kier alpha value is -5.61. The zero-order valence-electron chi connectivity index (χ0n) is 30.7. The number of ketones is 1. The zero-order valence-corrected chi connectivity index (χ0v) is 30.7. The number of hydrogen-bond donors (Lipinski definition) is 2. The molecule has 1 unspecified atom stereocenters. The maximum absolute atomic E-state index is 14.1. The maximum atomic E-state index is 14.1. The number of nitrogens with one attached hydrogen (secondary N) is 2. The normalized spacial score (nSPS) is 14.0. The summed E-state index contributed by atoms with van der Waals surface area (Å²) in [5, 5.41) is 5.36. The fourth-order valence-corrected chi connectivity index (χ4v) is 6.05. The Kier molecular flexibility index (Phi) is 10.8. The minimum Gasteiger partial charge on any atom is -0.483 e. The number of anilines is 2. The summed E-state index contributed by atoms with van der Waals surface area (Å²) in [6.45, 7) is 12.6. The third-order valence-electron chi connectivity index (χ3n) is 10.1. The van der Waals surface area contributed by atoms with Gasteiger partial charge < -0.3 is 20.1 Å². The molecule has 10 nitrogen and oxygen atoms in total. The Morgan fingerprint density at radius 2 is 1.31 bits per heavy atom. The number of para-hydroxylation sites is 1. The van der Waals surface area contributed by atoms with Gasteiger partial charge in [-0.05, 0) is 65.6 Å². The average molecular weight is 704 g/mol. The van der Waals surface area contributed by atoms with Crippen LogP contribution in [0.3, 0.4) is 0 Å². The van der Waals surface area contributed by atoms with Gasteiger partial charge in [0.05, 0.1) is 11.1 Å². The SMILES string of the molecule is CCC(C)(C)c1ccc(OCC(=O)Nc2ccc3c(c2)C(=O)N(C(OC)(C(=O)Nc2ccccc2)C(=O)c2ccccc2)C3=O)c(C(C)(C)CC)c1. The van der Waals surface area contributed by atoms with Crippen molar-refractivity contribution in [2.45, 2.75) is 70.9 Å². The van der Waals surface area contributed by atoms with Crippen LogP contribution in [-0.2, 0) is 25.2 Å². The first kappa shape index (κ1) is 37.6. The number of nitrogens with zero attached hydrogens (tertiary/aromatic N) is 1. The highest BCUT2D eigenvalue weighted by atomic mass is 16.5. The number of Topliss-reactive ketones (excluding diaryl/α,β-unsaturated/α-hetero) is 1. The molecular weight excluding hydrogens is 658 g/mol. The quantitative estimate of drug-likeness (QED) is 0.0788. The van der Waals surface area contributed by atoms with Crippen LogP contribution in [0.25, 0.3) is 0 Å². The Morgan fingerprint density at radius 1 is 0.692 bits per heavy atom. The molecule has 0 fully saturated rings. The molecule has 0 aromatic heterocycles. The van der Waals surface area contributed by atoms with Crippen molar-refractivity contribution in [1.82, 2.24) is 4.90 Å². The number of benzene rings is 4. The van der Waals surface area contributed by atoms with Gasteiger partial charge in [-0.3, -0.25) is 24.0 Å². The molecule has 0 saturated carbocycles. The van der Waals surface area contributed by atoms with Crippen LogP contribution in [0.1, 0.15) is 96.6 Å². The molecule has 5 rings (SSSR count). The van der Waals surface area contributed by atoms with E-state index in [0.717, 1.165) is 25.5 Å². The topological polar surface area (TPSA) is 131 Å². The zero-order chi connectivity index (χ0) is 37.8. The van der Waals surface area contributed by atoms with E-state index in [1.54, 1.807) is 48.5 Å². The lowest BCUT2D eigenvalue weighted by Gasteiger charge is -2.36. The first-order chi connectivity index (χ1) is 24.7. The first-order valence-electron chi connectivity index (χ1n) is 17.3. The molecule has 0 saturated heterocycles. The van der Waals surface area contributed by atoms with Gasteiger partial charge >= 0.3 is 0 Å². The number of hydrogen-bond acceptors (Lipinski definition) is 7. The Balaban J connectivity index is 1.41. The lowest BCUT2D eigenvalue weighted by atomic mass is 9.76. The smallest absolute Gasteiger partial charge is 0.296 e. The third-order valence-corrected chi connectivity index (χ3v) is 10.1. The number of ether oxygens (including phenoxy) is 2. The van der Waals surface area contributed by atoms with Crippen LogP contribution in [0.4, 0.5) is 11.4 Å². The van der Waals surface area contributed by atoms with Crippen molar-refractivity contribution in [2.24, 2.45) is 0 Å². The van der Waals surface area contributed by atoms with Gasteiger partial charge in [0, 0.05) is 29.6 Å². The lowest BCUT2D eigenvalue weighted by Crippen LogP contribution is -2.65. The van der Waals surface area contributed by atoms with Crippen LogP contribution in [0, 0.1) is 0 Å². The van der Waals surface area contributed by atoms with Gasteiger partial charge in [0.15, 0.2) is 6.61 Å². The second kappa shape index (κ2) is 14.9. The van der Waals surface area contributed by atoms with Crippen molar-refractivity contribution >= 4 is 40.8 Å². The molecule has 0 bridgehead atoms. The van der Waals surface area contributed by atoms with Crippen molar-refractivity contribution in [3.8, 4) is 5.75 Å². The summed E-state index contributed by atoms with van der Waals surface area (Å²) in [4.78, 5) is 69.9. The van der Waals surface area contributed by atoms with Crippen LogP contribution in [0.2, 0.25) is 0 Å². The van der Waals surface area contributed by atoms with Crippen molar-refractivity contribution in [3.63, 3.8) is 0 Å². The molecule has 0 spiro atoms. The number of rotatable bonds is 14. The second-order valence-corrected chi connectivity index (χ2v) is 14.1. The van der Waals surface area contributed by atoms with Gasteiger partial charge in [0.2, 0.25) is 5.78 Å². The number of carbonyl (C=O) groups excluding carboxylic acids is 5. The number of fused-ring (bicyclic) bond motifs is 1. The summed E-state index contributed by atoms with van der Waals surface area (Å²) in [7, 11) is 1.09.